The first kappa shape index (κ1) is 7.88. The Morgan fingerprint density at radius 3 is 2.62 bits per heavy atom. The second-order valence-corrected chi connectivity index (χ2v) is 1.78. The summed E-state index contributed by atoms with van der Waals surface area (Å²) in [5, 5.41) is 8.24. The molecular formula is C5H13NO2. The van der Waals surface area contributed by atoms with E-state index in [4.69, 9.17) is 9.94 Å². The van der Waals surface area contributed by atoms with Gasteiger partial charge in [-0.1, -0.05) is 0 Å². The third kappa shape index (κ3) is 5.88. The number of hydroxylamine groups is 1. The normalized spacial score (nSPS) is 10.5. The fourth-order valence-electron chi connectivity index (χ4n) is 0.271. The molecule has 0 amide bonds. The van der Waals surface area contributed by atoms with Crippen LogP contribution in [-0.4, -0.2) is 24.4 Å². The number of nitrogens with one attached hydrogen (secondary N) is 1. The van der Waals surface area contributed by atoms with E-state index in [1.54, 1.807) is 0 Å². The van der Waals surface area contributed by atoms with Crippen LogP contribution in [0, 0.1) is 0 Å². The Hall–Kier alpha value is -0.120. The maximum atomic E-state index is 8.24. The highest BCUT2D eigenvalue weighted by atomic mass is 16.7. The van der Waals surface area contributed by atoms with E-state index in [1.807, 2.05) is 13.8 Å². The van der Waals surface area contributed by atoms with E-state index in [1.165, 1.54) is 0 Å². The van der Waals surface area contributed by atoms with Crippen LogP contribution in [0.4, 0.5) is 0 Å². The smallest absolute Gasteiger partial charge is 0.0734 e. The lowest BCUT2D eigenvalue weighted by atomic mass is 10.5. The standard InChI is InChI=1S/C5H13NO2/c1-5(2)8-6-3-4-7/h5-7H,3-4H2,1-2H3. The predicted molar refractivity (Wildman–Crippen MR) is 31.3 cm³/mol. The van der Waals surface area contributed by atoms with Crippen LogP contribution in [0.5, 0.6) is 0 Å². The van der Waals surface area contributed by atoms with Crippen molar-refractivity contribution in [3.8, 4) is 0 Å². The van der Waals surface area contributed by atoms with E-state index in [-0.39, 0.29) is 12.7 Å². The van der Waals surface area contributed by atoms with E-state index in [0.717, 1.165) is 0 Å². The van der Waals surface area contributed by atoms with Gasteiger partial charge in [-0.15, -0.1) is 0 Å². The van der Waals surface area contributed by atoms with Crippen molar-refractivity contribution in [3.63, 3.8) is 0 Å². The summed E-state index contributed by atoms with van der Waals surface area (Å²) in [5.41, 5.74) is 2.58. The lowest BCUT2D eigenvalue weighted by Crippen LogP contribution is -2.22. The lowest BCUT2D eigenvalue weighted by Gasteiger charge is -2.05. The number of aliphatic hydroxyl groups excluding tert-OH is 1. The molecule has 0 aliphatic carbocycles. The van der Waals surface area contributed by atoms with Crippen LogP contribution < -0.4 is 5.48 Å². The summed E-state index contributed by atoms with van der Waals surface area (Å²) in [5.74, 6) is 0. The van der Waals surface area contributed by atoms with Gasteiger partial charge in [0.05, 0.1) is 12.7 Å². The average molecular weight is 119 g/mol. The average Bonchev–Trinajstić information content (AvgIpc) is 1.66. The number of hydrogen-bond acceptors (Lipinski definition) is 3. The third-order valence-electron chi connectivity index (χ3n) is 0.533. The lowest BCUT2D eigenvalue weighted by molar-refractivity contribution is -0.0108. The van der Waals surface area contributed by atoms with Gasteiger partial charge in [-0.05, 0) is 13.8 Å². The summed E-state index contributed by atoms with van der Waals surface area (Å²) in [6.07, 6.45) is 0.182. The molecule has 0 aliphatic heterocycles. The molecule has 0 aromatic carbocycles. The highest BCUT2D eigenvalue weighted by Crippen LogP contribution is 1.79. The molecule has 3 nitrogen and oxygen atoms in total. The molecule has 3 heteroatoms. The van der Waals surface area contributed by atoms with Gasteiger partial charge in [0.15, 0.2) is 0 Å². The van der Waals surface area contributed by atoms with Crippen molar-refractivity contribution in [2.24, 2.45) is 0 Å². The number of hydrogen-bond donors (Lipinski definition) is 2. The quantitative estimate of drug-likeness (QED) is 0.401. The number of aliphatic hydroxyl groups is 1. The minimum Gasteiger partial charge on any atom is -0.395 e. The van der Waals surface area contributed by atoms with Gasteiger partial charge < -0.3 is 5.11 Å². The molecule has 0 aliphatic rings. The highest BCUT2D eigenvalue weighted by Gasteiger charge is 1.88. The summed E-state index contributed by atoms with van der Waals surface area (Å²) in [6.45, 7) is 4.46. The largest absolute Gasteiger partial charge is 0.395 e. The van der Waals surface area contributed by atoms with Crippen LogP contribution in [0.3, 0.4) is 0 Å². The zero-order chi connectivity index (χ0) is 6.41. The molecule has 2 N–H and O–H groups in total. The predicted octanol–water partition coefficient (Wildman–Crippen LogP) is -0.0917. The summed E-state index contributed by atoms with van der Waals surface area (Å²) in [4.78, 5) is 4.87. The van der Waals surface area contributed by atoms with Gasteiger partial charge in [0.1, 0.15) is 0 Å². The third-order valence-corrected chi connectivity index (χ3v) is 0.533. The zero-order valence-corrected chi connectivity index (χ0v) is 5.35. The summed E-state index contributed by atoms with van der Waals surface area (Å²) in [7, 11) is 0. The first-order valence-electron chi connectivity index (χ1n) is 2.76. The van der Waals surface area contributed by atoms with Gasteiger partial charge >= 0.3 is 0 Å². The second-order valence-electron chi connectivity index (χ2n) is 1.78. The van der Waals surface area contributed by atoms with Crippen molar-refractivity contribution in [2.75, 3.05) is 13.2 Å². The van der Waals surface area contributed by atoms with Gasteiger partial charge in [-0.2, -0.15) is 5.48 Å². The van der Waals surface area contributed by atoms with Crippen LogP contribution in [0.15, 0.2) is 0 Å². The molecule has 0 aromatic heterocycles. The maximum Gasteiger partial charge on any atom is 0.0734 e. The molecule has 0 fully saturated rings. The van der Waals surface area contributed by atoms with Crippen molar-refractivity contribution in [3.05, 3.63) is 0 Å². The molecule has 0 aromatic rings. The van der Waals surface area contributed by atoms with Gasteiger partial charge in [-0.25, -0.2) is 0 Å². The summed E-state index contributed by atoms with van der Waals surface area (Å²) >= 11 is 0. The van der Waals surface area contributed by atoms with E-state index in [0.29, 0.717) is 6.54 Å². The van der Waals surface area contributed by atoms with Crippen LogP contribution in [0.2, 0.25) is 0 Å². The Kier molecular flexibility index (Phi) is 4.95. The maximum absolute atomic E-state index is 8.24. The Balaban J connectivity index is 2.72. The Morgan fingerprint density at radius 1 is 1.62 bits per heavy atom. The molecule has 0 saturated carbocycles. The molecule has 0 unspecified atom stereocenters. The zero-order valence-electron chi connectivity index (χ0n) is 5.35. The Bertz CT molecular complexity index is 47.7. The molecule has 50 valence electrons. The van der Waals surface area contributed by atoms with Gasteiger partial charge in [0, 0.05) is 6.54 Å². The molecule has 0 atom stereocenters. The molecule has 8 heavy (non-hydrogen) atoms. The van der Waals surface area contributed by atoms with Crippen molar-refractivity contribution in [2.45, 2.75) is 20.0 Å². The number of rotatable bonds is 4. The van der Waals surface area contributed by atoms with Crippen LogP contribution in [0.25, 0.3) is 0 Å². The van der Waals surface area contributed by atoms with Crippen molar-refractivity contribution in [1.29, 1.82) is 0 Å². The first-order chi connectivity index (χ1) is 3.77. The van der Waals surface area contributed by atoms with Gasteiger partial charge in [0.2, 0.25) is 0 Å². The topological polar surface area (TPSA) is 41.5 Å². The van der Waals surface area contributed by atoms with Crippen molar-refractivity contribution in [1.82, 2.24) is 5.48 Å². The highest BCUT2D eigenvalue weighted by molar-refractivity contribution is 4.32. The van der Waals surface area contributed by atoms with E-state index in [9.17, 15) is 0 Å². The summed E-state index contributed by atoms with van der Waals surface area (Å²) < 4.78 is 0. The molecule has 0 spiro atoms. The van der Waals surface area contributed by atoms with Gasteiger partial charge in [-0.3, -0.25) is 4.84 Å². The Morgan fingerprint density at radius 2 is 2.25 bits per heavy atom. The van der Waals surface area contributed by atoms with E-state index in [2.05, 4.69) is 5.48 Å². The molecule has 0 radical (unpaired) electrons. The Labute approximate surface area is 49.6 Å². The van der Waals surface area contributed by atoms with E-state index < -0.39 is 0 Å². The van der Waals surface area contributed by atoms with Crippen molar-refractivity contribution >= 4 is 0 Å². The first-order valence-corrected chi connectivity index (χ1v) is 2.76. The van der Waals surface area contributed by atoms with Crippen LogP contribution >= 0.6 is 0 Å². The van der Waals surface area contributed by atoms with Crippen molar-refractivity contribution < 1.29 is 9.94 Å². The minimum atomic E-state index is 0.118. The SMILES string of the molecule is CC(C)ONCCO. The molecule has 0 bridgehead atoms. The van der Waals surface area contributed by atoms with Crippen LogP contribution in [-0.2, 0) is 4.84 Å². The molecular weight excluding hydrogens is 106 g/mol. The van der Waals surface area contributed by atoms with Gasteiger partial charge in [0.25, 0.3) is 0 Å². The fraction of sp³-hybridized carbons (Fsp3) is 1.00. The molecule has 0 saturated heterocycles. The minimum absolute atomic E-state index is 0.118. The monoisotopic (exact) mass is 119 g/mol. The second kappa shape index (κ2) is 5.03. The fourth-order valence-corrected chi connectivity index (χ4v) is 0.271. The summed E-state index contributed by atoms with van der Waals surface area (Å²) in [6, 6.07) is 0. The molecule has 0 heterocycles. The van der Waals surface area contributed by atoms with E-state index >= 15 is 0 Å². The molecule has 0 rings (SSSR count). The van der Waals surface area contributed by atoms with Crippen LogP contribution in [0.1, 0.15) is 13.8 Å².